The van der Waals surface area contributed by atoms with Gasteiger partial charge in [-0.05, 0) is 56.5 Å². The van der Waals surface area contributed by atoms with E-state index in [0.717, 1.165) is 36.8 Å². The molecule has 5 heteroatoms. The van der Waals surface area contributed by atoms with Crippen LogP contribution in [-0.4, -0.2) is 24.1 Å². The standard InChI is InChI=1S/C14H19BrN2O2/c15-11-2-3-13(18)12(9-11)17-14(19)4-1-10-5-7-16-8-6-10/h2-3,9-10,16,18H,1,4-8H2,(H,17,19). The van der Waals surface area contributed by atoms with Gasteiger partial charge in [-0.15, -0.1) is 0 Å². The Labute approximate surface area is 121 Å². The van der Waals surface area contributed by atoms with Crippen LogP contribution in [0.1, 0.15) is 25.7 Å². The summed E-state index contributed by atoms with van der Waals surface area (Å²) in [6, 6.07) is 5.00. The SMILES string of the molecule is O=C(CCC1CCNCC1)Nc1cc(Br)ccc1O. The van der Waals surface area contributed by atoms with Crippen LogP contribution >= 0.6 is 15.9 Å². The minimum Gasteiger partial charge on any atom is -0.506 e. The van der Waals surface area contributed by atoms with Crippen LogP contribution in [0.5, 0.6) is 5.75 Å². The first-order chi connectivity index (χ1) is 9.15. The summed E-state index contributed by atoms with van der Waals surface area (Å²) in [4.78, 5) is 11.9. The number of hydrogen-bond acceptors (Lipinski definition) is 3. The van der Waals surface area contributed by atoms with E-state index in [1.165, 1.54) is 0 Å². The van der Waals surface area contributed by atoms with Gasteiger partial charge >= 0.3 is 0 Å². The molecule has 0 spiro atoms. The number of anilines is 1. The average molecular weight is 327 g/mol. The number of carbonyl (C=O) groups is 1. The largest absolute Gasteiger partial charge is 0.506 e. The second-order valence-corrected chi connectivity index (χ2v) is 5.86. The van der Waals surface area contributed by atoms with Gasteiger partial charge < -0.3 is 15.7 Å². The van der Waals surface area contributed by atoms with E-state index in [4.69, 9.17) is 0 Å². The molecule has 1 aromatic carbocycles. The monoisotopic (exact) mass is 326 g/mol. The number of hydrogen-bond donors (Lipinski definition) is 3. The smallest absolute Gasteiger partial charge is 0.224 e. The van der Waals surface area contributed by atoms with Gasteiger partial charge in [0.25, 0.3) is 0 Å². The van der Waals surface area contributed by atoms with Gasteiger partial charge in [-0.2, -0.15) is 0 Å². The van der Waals surface area contributed by atoms with Crippen LogP contribution in [0.4, 0.5) is 5.69 Å². The number of carbonyl (C=O) groups excluding carboxylic acids is 1. The Morgan fingerprint density at radius 2 is 2.16 bits per heavy atom. The second kappa shape index (κ2) is 6.91. The molecule has 1 heterocycles. The van der Waals surface area contributed by atoms with Crippen molar-refractivity contribution in [2.24, 2.45) is 5.92 Å². The third kappa shape index (κ3) is 4.51. The Bertz CT molecular complexity index is 445. The van der Waals surface area contributed by atoms with Crippen molar-refractivity contribution < 1.29 is 9.90 Å². The van der Waals surface area contributed by atoms with Crippen molar-refractivity contribution in [2.75, 3.05) is 18.4 Å². The first kappa shape index (κ1) is 14.3. The van der Waals surface area contributed by atoms with Gasteiger partial charge in [0, 0.05) is 10.9 Å². The molecule has 1 saturated heterocycles. The van der Waals surface area contributed by atoms with Gasteiger partial charge in [-0.1, -0.05) is 15.9 Å². The van der Waals surface area contributed by atoms with Crippen LogP contribution in [0.2, 0.25) is 0 Å². The molecule has 1 aliphatic heterocycles. The van der Waals surface area contributed by atoms with Gasteiger partial charge in [0.2, 0.25) is 5.91 Å². The van der Waals surface area contributed by atoms with Crippen molar-refractivity contribution in [1.29, 1.82) is 0 Å². The van der Waals surface area contributed by atoms with Gasteiger partial charge in [-0.3, -0.25) is 4.79 Å². The first-order valence-electron chi connectivity index (χ1n) is 6.64. The van der Waals surface area contributed by atoms with E-state index in [1.807, 2.05) is 0 Å². The lowest BCUT2D eigenvalue weighted by Gasteiger charge is -2.22. The number of amides is 1. The molecule has 0 bridgehead atoms. The number of phenolic OH excluding ortho intramolecular Hbond substituents is 1. The lowest BCUT2D eigenvalue weighted by molar-refractivity contribution is -0.116. The number of rotatable bonds is 4. The molecule has 1 aromatic rings. The van der Waals surface area contributed by atoms with Crippen LogP contribution in [0.25, 0.3) is 0 Å². The fourth-order valence-corrected chi connectivity index (χ4v) is 2.69. The molecule has 1 aliphatic rings. The lowest BCUT2D eigenvalue weighted by Crippen LogP contribution is -2.28. The van der Waals surface area contributed by atoms with Gasteiger partial charge in [0.1, 0.15) is 5.75 Å². The van der Waals surface area contributed by atoms with Crippen molar-refractivity contribution in [3.63, 3.8) is 0 Å². The Hall–Kier alpha value is -1.07. The van der Waals surface area contributed by atoms with Crippen LogP contribution < -0.4 is 10.6 Å². The van der Waals surface area contributed by atoms with E-state index in [1.54, 1.807) is 18.2 Å². The van der Waals surface area contributed by atoms with Gasteiger partial charge in [0.05, 0.1) is 5.69 Å². The molecule has 2 rings (SSSR count). The first-order valence-corrected chi connectivity index (χ1v) is 7.43. The molecule has 0 unspecified atom stereocenters. The molecular weight excluding hydrogens is 308 g/mol. The van der Waals surface area contributed by atoms with Crippen LogP contribution in [-0.2, 0) is 4.79 Å². The second-order valence-electron chi connectivity index (χ2n) is 4.94. The summed E-state index contributed by atoms with van der Waals surface area (Å²) in [6.45, 7) is 2.11. The zero-order valence-electron chi connectivity index (χ0n) is 10.8. The molecule has 0 atom stereocenters. The fraction of sp³-hybridized carbons (Fsp3) is 0.500. The fourth-order valence-electron chi connectivity index (χ4n) is 2.33. The molecular formula is C14H19BrN2O2. The number of halogens is 1. The van der Waals surface area contributed by atoms with E-state index < -0.39 is 0 Å². The predicted octanol–water partition coefficient (Wildman–Crippen LogP) is 2.87. The van der Waals surface area contributed by atoms with Crippen molar-refractivity contribution in [3.05, 3.63) is 22.7 Å². The van der Waals surface area contributed by atoms with Crippen molar-refractivity contribution >= 4 is 27.5 Å². The highest BCUT2D eigenvalue weighted by Crippen LogP contribution is 2.27. The average Bonchev–Trinajstić information content (AvgIpc) is 2.42. The molecule has 0 saturated carbocycles. The number of aromatic hydroxyl groups is 1. The normalized spacial score (nSPS) is 16.3. The van der Waals surface area contributed by atoms with E-state index in [2.05, 4.69) is 26.6 Å². The summed E-state index contributed by atoms with van der Waals surface area (Å²) in [5, 5.41) is 15.7. The maximum absolute atomic E-state index is 11.9. The van der Waals surface area contributed by atoms with Crippen LogP contribution in [0, 0.1) is 5.92 Å². The van der Waals surface area contributed by atoms with Crippen LogP contribution in [0.15, 0.2) is 22.7 Å². The predicted molar refractivity (Wildman–Crippen MR) is 79.3 cm³/mol. The molecule has 0 aliphatic carbocycles. The molecule has 4 nitrogen and oxygen atoms in total. The van der Waals surface area contributed by atoms with E-state index in [-0.39, 0.29) is 11.7 Å². The van der Waals surface area contributed by atoms with Crippen molar-refractivity contribution in [2.45, 2.75) is 25.7 Å². The van der Waals surface area contributed by atoms with E-state index in [9.17, 15) is 9.90 Å². The Kier molecular flexibility index (Phi) is 5.22. The third-order valence-corrected chi connectivity index (χ3v) is 3.96. The third-order valence-electron chi connectivity index (χ3n) is 3.47. The maximum atomic E-state index is 11.9. The van der Waals surface area contributed by atoms with Gasteiger partial charge in [-0.25, -0.2) is 0 Å². The molecule has 1 fully saturated rings. The van der Waals surface area contributed by atoms with E-state index in [0.29, 0.717) is 18.0 Å². The maximum Gasteiger partial charge on any atom is 0.224 e. The highest BCUT2D eigenvalue weighted by molar-refractivity contribution is 9.10. The number of phenols is 1. The zero-order valence-corrected chi connectivity index (χ0v) is 12.4. The number of nitrogens with one attached hydrogen (secondary N) is 2. The summed E-state index contributed by atoms with van der Waals surface area (Å²) < 4.78 is 0.832. The van der Waals surface area contributed by atoms with Gasteiger partial charge in [0.15, 0.2) is 0 Å². The minimum atomic E-state index is -0.0352. The summed E-state index contributed by atoms with van der Waals surface area (Å²) in [7, 11) is 0. The molecule has 3 N–H and O–H groups in total. The quantitative estimate of drug-likeness (QED) is 0.745. The van der Waals surface area contributed by atoms with Crippen LogP contribution in [0.3, 0.4) is 0 Å². The highest BCUT2D eigenvalue weighted by Gasteiger charge is 2.15. The minimum absolute atomic E-state index is 0.0352. The summed E-state index contributed by atoms with van der Waals surface area (Å²) >= 11 is 3.32. The Balaban J connectivity index is 1.81. The highest BCUT2D eigenvalue weighted by atomic mass is 79.9. The summed E-state index contributed by atoms with van der Waals surface area (Å²) in [5.74, 6) is 0.702. The van der Waals surface area contributed by atoms with Crippen molar-refractivity contribution in [3.8, 4) is 5.75 Å². The number of benzene rings is 1. The van der Waals surface area contributed by atoms with E-state index >= 15 is 0 Å². The molecule has 19 heavy (non-hydrogen) atoms. The zero-order chi connectivity index (χ0) is 13.7. The van der Waals surface area contributed by atoms with Crippen molar-refractivity contribution in [1.82, 2.24) is 5.32 Å². The molecule has 0 radical (unpaired) electrons. The summed E-state index contributed by atoms with van der Waals surface area (Å²) in [5.41, 5.74) is 0.463. The topological polar surface area (TPSA) is 61.4 Å². The molecule has 1 amide bonds. The molecule has 104 valence electrons. The Morgan fingerprint density at radius 1 is 1.42 bits per heavy atom. The lowest BCUT2D eigenvalue weighted by atomic mass is 9.93. The summed E-state index contributed by atoms with van der Waals surface area (Å²) in [6.07, 6.45) is 3.73. The molecule has 0 aromatic heterocycles. The Morgan fingerprint density at radius 3 is 2.89 bits per heavy atom. The number of piperidine rings is 1.